The fraction of sp³-hybridized carbons (Fsp3) is 0.480. The third-order valence-corrected chi connectivity index (χ3v) is 6.67. The third kappa shape index (κ3) is 5.56. The first-order valence-corrected chi connectivity index (χ1v) is 11.6. The number of benzene rings is 2. The monoisotopic (exact) mass is 453 g/mol. The number of rotatable bonds is 7. The van der Waals surface area contributed by atoms with Crippen molar-refractivity contribution in [3.8, 4) is 11.5 Å². The van der Waals surface area contributed by atoms with Crippen molar-refractivity contribution in [1.29, 1.82) is 0 Å². The van der Waals surface area contributed by atoms with Gasteiger partial charge in [0.25, 0.3) is 11.6 Å². The largest absolute Gasteiger partial charge is 0.496 e. The molecule has 8 heteroatoms. The number of methoxy groups -OCH3 is 1. The topological polar surface area (TPSA) is 85.2 Å². The molecule has 2 aromatic carbocycles. The molecule has 0 unspecified atom stereocenters. The summed E-state index contributed by atoms with van der Waals surface area (Å²) in [6, 6.07) is 13.0. The highest BCUT2D eigenvalue weighted by Gasteiger charge is 2.26. The number of hydrogen-bond acceptors (Lipinski definition) is 6. The van der Waals surface area contributed by atoms with Crippen LogP contribution in [0.5, 0.6) is 11.5 Å². The summed E-state index contributed by atoms with van der Waals surface area (Å²) in [5.74, 6) is 1.72. The average molecular weight is 454 g/mol. The van der Waals surface area contributed by atoms with E-state index in [1.54, 1.807) is 17.0 Å². The Balaban J connectivity index is 1.28. The van der Waals surface area contributed by atoms with Crippen LogP contribution in [0.3, 0.4) is 0 Å². The van der Waals surface area contributed by atoms with Gasteiger partial charge in [-0.25, -0.2) is 0 Å². The van der Waals surface area contributed by atoms with Crippen LogP contribution >= 0.6 is 0 Å². The van der Waals surface area contributed by atoms with E-state index >= 15 is 0 Å². The Labute approximate surface area is 194 Å². The molecule has 2 aliphatic rings. The van der Waals surface area contributed by atoms with E-state index in [-0.39, 0.29) is 18.2 Å². The SMILES string of the molecule is COc1ccc(N2CCN(C(=O)COc3ccc(C4CCCCC4)cc3)CC2)c([N+](=O)[O-])c1. The maximum Gasteiger partial charge on any atom is 0.296 e. The van der Waals surface area contributed by atoms with Crippen LogP contribution in [0.4, 0.5) is 11.4 Å². The normalized spacial score (nSPS) is 17.0. The first-order valence-electron chi connectivity index (χ1n) is 11.6. The average Bonchev–Trinajstić information content (AvgIpc) is 2.87. The first-order chi connectivity index (χ1) is 16.0. The molecule has 0 radical (unpaired) electrons. The standard InChI is InChI=1S/C25H31N3O5/c1-32-22-11-12-23(24(17-22)28(30)31)26-13-15-27(16-14-26)25(29)18-33-21-9-7-20(8-10-21)19-5-3-2-4-6-19/h7-12,17,19H,2-6,13-16,18H2,1H3. The minimum absolute atomic E-state index is 0.00846. The molecule has 0 atom stereocenters. The molecular formula is C25H31N3O5. The Kier molecular flexibility index (Phi) is 7.32. The number of piperazine rings is 1. The minimum atomic E-state index is -0.400. The van der Waals surface area contributed by atoms with E-state index in [9.17, 15) is 14.9 Å². The Hall–Kier alpha value is -3.29. The number of hydrogen-bond donors (Lipinski definition) is 0. The van der Waals surface area contributed by atoms with Crippen LogP contribution in [-0.4, -0.2) is 55.6 Å². The highest BCUT2D eigenvalue weighted by Crippen LogP contribution is 2.34. The molecule has 0 aromatic heterocycles. The predicted octanol–water partition coefficient (Wildman–Crippen LogP) is 4.38. The summed E-state index contributed by atoms with van der Waals surface area (Å²) in [5.41, 5.74) is 1.91. The lowest BCUT2D eigenvalue weighted by molar-refractivity contribution is -0.384. The summed E-state index contributed by atoms with van der Waals surface area (Å²) in [4.78, 5) is 27.4. The van der Waals surface area contributed by atoms with Crippen molar-refractivity contribution in [1.82, 2.24) is 4.90 Å². The first kappa shape index (κ1) is 22.9. The fourth-order valence-electron chi connectivity index (χ4n) is 4.75. The van der Waals surface area contributed by atoms with E-state index in [0.29, 0.717) is 49.3 Å². The summed E-state index contributed by atoms with van der Waals surface area (Å²) >= 11 is 0. The van der Waals surface area contributed by atoms with Crippen molar-refractivity contribution in [2.45, 2.75) is 38.0 Å². The lowest BCUT2D eigenvalue weighted by atomic mass is 9.84. The molecule has 1 heterocycles. The molecule has 8 nitrogen and oxygen atoms in total. The van der Waals surface area contributed by atoms with Gasteiger partial charge in [0, 0.05) is 26.2 Å². The van der Waals surface area contributed by atoms with Crippen LogP contribution in [0.15, 0.2) is 42.5 Å². The van der Waals surface area contributed by atoms with Gasteiger partial charge in [-0.05, 0) is 48.6 Å². The molecule has 0 bridgehead atoms. The lowest BCUT2D eigenvalue weighted by Gasteiger charge is -2.35. The van der Waals surface area contributed by atoms with Crippen LogP contribution in [0.2, 0.25) is 0 Å². The van der Waals surface area contributed by atoms with Crippen molar-refractivity contribution < 1.29 is 19.2 Å². The van der Waals surface area contributed by atoms with Crippen LogP contribution in [0.25, 0.3) is 0 Å². The fourth-order valence-corrected chi connectivity index (χ4v) is 4.75. The van der Waals surface area contributed by atoms with E-state index in [1.807, 2.05) is 17.0 Å². The molecule has 2 fully saturated rings. The molecule has 1 amide bonds. The number of anilines is 1. The van der Waals surface area contributed by atoms with Crippen molar-refractivity contribution >= 4 is 17.3 Å². The third-order valence-electron chi connectivity index (χ3n) is 6.67. The van der Waals surface area contributed by atoms with E-state index in [2.05, 4.69) is 12.1 Å². The molecule has 33 heavy (non-hydrogen) atoms. The van der Waals surface area contributed by atoms with Crippen molar-refractivity contribution in [3.63, 3.8) is 0 Å². The van der Waals surface area contributed by atoms with Gasteiger partial charge in [0.15, 0.2) is 6.61 Å². The Morgan fingerprint density at radius 3 is 2.30 bits per heavy atom. The van der Waals surface area contributed by atoms with E-state index in [0.717, 1.165) is 0 Å². The van der Waals surface area contributed by atoms with Crippen LogP contribution < -0.4 is 14.4 Å². The number of carbonyl (C=O) groups is 1. The van der Waals surface area contributed by atoms with E-state index in [4.69, 9.17) is 9.47 Å². The number of carbonyl (C=O) groups excluding carboxylic acids is 1. The number of amides is 1. The second-order valence-electron chi connectivity index (χ2n) is 8.67. The van der Waals surface area contributed by atoms with Gasteiger partial charge in [-0.15, -0.1) is 0 Å². The molecule has 0 N–H and O–H groups in total. The van der Waals surface area contributed by atoms with E-state index < -0.39 is 4.92 Å². The molecule has 1 aliphatic heterocycles. The number of nitro groups is 1. The van der Waals surface area contributed by atoms with Crippen molar-refractivity contribution in [2.24, 2.45) is 0 Å². The Morgan fingerprint density at radius 1 is 1.00 bits per heavy atom. The highest BCUT2D eigenvalue weighted by molar-refractivity contribution is 5.78. The smallest absolute Gasteiger partial charge is 0.296 e. The number of nitrogens with zero attached hydrogens (tertiary/aromatic N) is 3. The minimum Gasteiger partial charge on any atom is -0.496 e. The Bertz CT molecular complexity index is 965. The summed E-state index contributed by atoms with van der Waals surface area (Å²) in [7, 11) is 1.48. The predicted molar refractivity (Wildman–Crippen MR) is 126 cm³/mol. The van der Waals surface area contributed by atoms with Crippen molar-refractivity contribution in [3.05, 3.63) is 58.1 Å². The number of nitro benzene ring substituents is 1. The summed E-state index contributed by atoms with van der Waals surface area (Å²) in [6.07, 6.45) is 6.45. The molecule has 4 rings (SSSR count). The van der Waals surface area contributed by atoms with Gasteiger partial charge in [-0.2, -0.15) is 0 Å². The quantitative estimate of drug-likeness (QED) is 0.457. The summed E-state index contributed by atoms with van der Waals surface area (Å²) in [5, 5.41) is 11.5. The van der Waals surface area contributed by atoms with Gasteiger partial charge in [0.2, 0.25) is 0 Å². The zero-order chi connectivity index (χ0) is 23.2. The lowest BCUT2D eigenvalue weighted by Crippen LogP contribution is -2.50. The van der Waals surface area contributed by atoms with Gasteiger partial charge in [-0.1, -0.05) is 31.4 Å². The molecular weight excluding hydrogens is 422 g/mol. The van der Waals surface area contributed by atoms with E-state index in [1.165, 1.54) is 50.8 Å². The zero-order valence-electron chi connectivity index (χ0n) is 19.1. The van der Waals surface area contributed by atoms with Crippen LogP contribution in [0.1, 0.15) is 43.6 Å². The summed E-state index contributed by atoms with van der Waals surface area (Å²) < 4.78 is 10.8. The maximum absolute atomic E-state index is 12.6. The molecule has 1 saturated carbocycles. The van der Waals surface area contributed by atoms with Gasteiger partial charge < -0.3 is 19.3 Å². The molecule has 2 aromatic rings. The van der Waals surface area contributed by atoms with Gasteiger partial charge >= 0.3 is 0 Å². The van der Waals surface area contributed by atoms with Crippen molar-refractivity contribution in [2.75, 3.05) is 44.8 Å². The maximum atomic E-state index is 12.6. The number of ether oxygens (including phenoxy) is 2. The highest BCUT2D eigenvalue weighted by atomic mass is 16.6. The molecule has 1 saturated heterocycles. The Morgan fingerprint density at radius 2 is 1.67 bits per heavy atom. The van der Waals surface area contributed by atoms with Crippen LogP contribution in [0, 0.1) is 10.1 Å². The van der Waals surface area contributed by atoms with Gasteiger partial charge in [0.1, 0.15) is 17.2 Å². The molecule has 0 spiro atoms. The summed E-state index contributed by atoms with van der Waals surface area (Å²) in [6.45, 7) is 2.02. The van der Waals surface area contributed by atoms with Crippen LogP contribution in [-0.2, 0) is 4.79 Å². The second-order valence-corrected chi connectivity index (χ2v) is 8.67. The zero-order valence-corrected chi connectivity index (χ0v) is 19.1. The molecule has 1 aliphatic carbocycles. The second kappa shape index (κ2) is 10.6. The van der Waals surface area contributed by atoms with Gasteiger partial charge in [0.05, 0.1) is 18.1 Å². The van der Waals surface area contributed by atoms with Gasteiger partial charge in [-0.3, -0.25) is 14.9 Å². The molecule has 176 valence electrons.